The van der Waals surface area contributed by atoms with Crippen LogP contribution in [0.2, 0.25) is 0 Å². The second kappa shape index (κ2) is 8.12. The fourth-order valence-electron chi connectivity index (χ4n) is 2.28. The first-order chi connectivity index (χ1) is 11.5. The van der Waals surface area contributed by atoms with Gasteiger partial charge in [-0.05, 0) is 36.2 Å². The molecular formula is C18H20N2O4. The summed E-state index contributed by atoms with van der Waals surface area (Å²) in [5.74, 6) is -1.20. The maximum Gasteiger partial charge on any atom is 0.336 e. The molecule has 4 N–H and O–H groups in total. The average molecular weight is 328 g/mol. The lowest BCUT2D eigenvalue weighted by atomic mass is 10.0. The van der Waals surface area contributed by atoms with Crippen LogP contribution in [0, 0.1) is 0 Å². The minimum Gasteiger partial charge on any atom is -0.467 e. The zero-order valence-electron chi connectivity index (χ0n) is 13.3. The van der Waals surface area contributed by atoms with Gasteiger partial charge in [-0.25, -0.2) is 4.79 Å². The summed E-state index contributed by atoms with van der Waals surface area (Å²) in [7, 11) is 1.19. The van der Waals surface area contributed by atoms with E-state index in [0.29, 0.717) is 11.3 Å². The molecule has 0 radical (unpaired) electrons. The molecule has 0 unspecified atom stereocenters. The number of nitrogens with two attached hydrogens (primary N) is 1. The molecule has 0 heterocycles. The number of ether oxygens (including phenoxy) is 1. The lowest BCUT2D eigenvalue weighted by Gasteiger charge is -2.22. The molecule has 126 valence electrons. The first kappa shape index (κ1) is 17.5. The van der Waals surface area contributed by atoms with Crippen molar-refractivity contribution in [2.45, 2.75) is 18.6 Å². The monoisotopic (exact) mass is 328 g/mol. The highest BCUT2D eigenvalue weighted by Crippen LogP contribution is 2.10. The number of esters is 1. The number of carbonyl (C=O) groups excluding carboxylic acids is 2. The molecule has 0 aromatic heterocycles. The normalized spacial score (nSPS) is 12.9. The smallest absolute Gasteiger partial charge is 0.336 e. The van der Waals surface area contributed by atoms with Gasteiger partial charge in [-0.15, -0.1) is 0 Å². The largest absolute Gasteiger partial charge is 0.467 e. The minimum absolute atomic E-state index is 0.290. The summed E-state index contributed by atoms with van der Waals surface area (Å²) in [4.78, 5) is 24.0. The summed E-state index contributed by atoms with van der Waals surface area (Å²) in [6, 6.07) is 14.8. The van der Waals surface area contributed by atoms with Gasteiger partial charge >= 0.3 is 5.97 Å². The molecular weight excluding hydrogens is 308 g/mol. The van der Waals surface area contributed by atoms with E-state index in [9.17, 15) is 14.7 Å². The summed E-state index contributed by atoms with van der Waals surface area (Å²) in [5.41, 5.74) is 7.41. The van der Waals surface area contributed by atoms with Crippen molar-refractivity contribution in [3.8, 4) is 0 Å². The molecule has 2 rings (SSSR count). The Balaban J connectivity index is 2.16. The van der Waals surface area contributed by atoms with Crippen molar-refractivity contribution in [3.63, 3.8) is 0 Å². The van der Waals surface area contributed by atoms with E-state index in [0.717, 1.165) is 5.56 Å². The fourth-order valence-corrected chi connectivity index (χ4v) is 2.28. The second-order valence-electron chi connectivity index (χ2n) is 5.36. The number of nitrogen functional groups attached to an aromatic ring is 1. The molecule has 6 heteroatoms. The van der Waals surface area contributed by atoms with Crippen LogP contribution in [0.4, 0.5) is 5.69 Å². The number of amides is 1. The molecule has 0 saturated carbocycles. The van der Waals surface area contributed by atoms with E-state index in [2.05, 4.69) is 10.1 Å². The van der Waals surface area contributed by atoms with Crippen molar-refractivity contribution < 1.29 is 19.4 Å². The maximum absolute atomic E-state index is 12.4. The van der Waals surface area contributed by atoms with Crippen LogP contribution in [-0.4, -0.2) is 36.2 Å². The Morgan fingerprint density at radius 2 is 1.75 bits per heavy atom. The van der Waals surface area contributed by atoms with Crippen molar-refractivity contribution in [2.75, 3.05) is 12.8 Å². The van der Waals surface area contributed by atoms with Crippen LogP contribution in [0.3, 0.4) is 0 Å². The highest BCUT2D eigenvalue weighted by Gasteiger charge is 2.28. The molecule has 0 aliphatic heterocycles. The van der Waals surface area contributed by atoms with Crippen LogP contribution in [0.25, 0.3) is 0 Å². The first-order valence-corrected chi connectivity index (χ1v) is 7.47. The van der Waals surface area contributed by atoms with Crippen LogP contribution in [0.15, 0.2) is 54.6 Å². The predicted molar refractivity (Wildman–Crippen MR) is 90.3 cm³/mol. The molecule has 2 aromatic rings. The zero-order chi connectivity index (χ0) is 17.5. The number of aliphatic hydroxyl groups is 1. The number of benzene rings is 2. The number of aliphatic hydroxyl groups excluding tert-OH is 1. The molecule has 2 atom stereocenters. The number of hydrogen-bond donors (Lipinski definition) is 3. The van der Waals surface area contributed by atoms with Crippen LogP contribution in [-0.2, 0) is 16.0 Å². The Morgan fingerprint density at radius 3 is 2.33 bits per heavy atom. The van der Waals surface area contributed by atoms with Crippen LogP contribution < -0.4 is 11.1 Å². The van der Waals surface area contributed by atoms with Gasteiger partial charge in [0, 0.05) is 11.3 Å². The van der Waals surface area contributed by atoms with Gasteiger partial charge in [0.15, 0.2) is 6.10 Å². The quantitative estimate of drug-likeness (QED) is 0.545. The molecule has 0 spiro atoms. The van der Waals surface area contributed by atoms with E-state index in [4.69, 9.17) is 5.73 Å². The van der Waals surface area contributed by atoms with Gasteiger partial charge in [0.2, 0.25) is 0 Å². The highest BCUT2D eigenvalue weighted by molar-refractivity contribution is 5.95. The molecule has 24 heavy (non-hydrogen) atoms. The van der Waals surface area contributed by atoms with E-state index in [1.54, 1.807) is 24.3 Å². The van der Waals surface area contributed by atoms with E-state index < -0.39 is 24.0 Å². The summed E-state index contributed by atoms with van der Waals surface area (Å²) in [6.45, 7) is 0. The molecule has 0 saturated heterocycles. The number of methoxy groups -OCH3 is 1. The Labute approximate surface area is 140 Å². The number of carbonyl (C=O) groups is 2. The van der Waals surface area contributed by atoms with E-state index in [-0.39, 0.29) is 6.42 Å². The van der Waals surface area contributed by atoms with Gasteiger partial charge in [0.25, 0.3) is 5.91 Å². The molecule has 6 nitrogen and oxygen atoms in total. The summed E-state index contributed by atoms with van der Waals surface area (Å²) in [5, 5.41) is 12.9. The Kier molecular flexibility index (Phi) is 5.92. The van der Waals surface area contributed by atoms with Gasteiger partial charge in [-0.1, -0.05) is 30.3 Å². The zero-order valence-corrected chi connectivity index (χ0v) is 13.3. The second-order valence-corrected chi connectivity index (χ2v) is 5.36. The Bertz CT molecular complexity index is 686. The molecule has 2 aromatic carbocycles. The number of rotatable bonds is 6. The van der Waals surface area contributed by atoms with Gasteiger partial charge in [-0.2, -0.15) is 0 Å². The van der Waals surface area contributed by atoms with E-state index in [1.165, 1.54) is 7.11 Å². The van der Waals surface area contributed by atoms with Crippen LogP contribution >= 0.6 is 0 Å². The van der Waals surface area contributed by atoms with E-state index in [1.807, 2.05) is 30.3 Å². The number of anilines is 1. The van der Waals surface area contributed by atoms with Gasteiger partial charge in [-0.3, -0.25) is 4.79 Å². The molecule has 0 fully saturated rings. The van der Waals surface area contributed by atoms with Crippen molar-refractivity contribution in [2.24, 2.45) is 0 Å². The lowest BCUT2D eigenvalue weighted by Crippen LogP contribution is -2.48. The van der Waals surface area contributed by atoms with Crippen molar-refractivity contribution in [1.29, 1.82) is 0 Å². The summed E-state index contributed by atoms with van der Waals surface area (Å²) in [6.07, 6.45) is -1.18. The SMILES string of the molecule is COC(=O)[C@@H](O)[C@H](Cc1ccccc1)NC(=O)c1ccc(N)cc1. The predicted octanol–water partition coefficient (Wildman–Crippen LogP) is 1.14. The third-order valence-corrected chi connectivity index (χ3v) is 3.61. The standard InChI is InChI=1S/C18H20N2O4/c1-24-18(23)16(21)15(11-12-5-3-2-4-6-12)20-17(22)13-7-9-14(19)10-8-13/h2-10,15-16,21H,11,19H2,1H3,(H,20,22)/t15-,16-/m0/s1. The number of hydrogen-bond acceptors (Lipinski definition) is 5. The van der Waals surface area contributed by atoms with Crippen LogP contribution in [0.1, 0.15) is 15.9 Å². The lowest BCUT2D eigenvalue weighted by molar-refractivity contribution is -0.151. The topological polar surface area (TPSA) is 102 Å². The minimum atomic E-state index is -1.46. The molecule has 1 amide bonds. The number of nitrogens with one attached hydrogen (secondary N) is 1. The molecule has 0 aliphatic carbocycles. The molecule has 0 aliphatic rings. The third kappa shape index (κ3) is 4.57. The maximum atomic E-state index is 12.4. The van der Waals surface area contributed by atoms with Crippen molar-refractivity contribution >= 4 is 17.6 Å². The molecule has 0 bridgehead atoms. The Hall–Kier alpha value is -2.86. The fraction of sp³-hybridized carbons (Fsp3) is 0.222. The van der Waals surface area contributed by atoms with Crippen molar-refractivity contribution in [3.05, 3.63) is 65.7 Å². The van der Waals surface area contributed by atoms with Gasteiger partial charge in [0.1, 0.15) is 0 Å². The highest BCUT2D eigenvalue weighted by atomic mass is 16.5. The van der Waals surface area contributed by atoms with Gasteiger partial charge in [0.05, 0.1) is 13.2 Å². The summed E-state index contributed by atoms with van der Waals surface area (Å²) >= 11 is 0. The van der Waals surface area contributed by atoms with Crippen molar-refractivity contribution in [1.82, 2.24) is 5.32 Å². The van der Waals surface area contributed by atoms with Crippen LogP contribution in [0.5, 0.6) is 0 Å². The van der Waals surface area contributed by atoms with E-state index >= 15 is 0 Å². The third-order valence-electron chi connectivity index (χ3n) is 3.61. The summed E-state index contributed by atoms with van der Waals surface area (Å²) < 4.78 is 4.58. The van der Waals surface area contributed by atoms with Gasteiger partial charge < -0.3 is 20.9 Å². The Morgan fingerprint density at radius 1 is 1.12 bits per heavy atom. The average Bonchev–Trinajstić information content (AvgIpc) is 2.61. The first-order valence-electron chi connectivity index (χ1n) is 7.47.